The Bertz CT molecular complexity index is 150. The molecular weight excluding hydrogens is 423 g/mol. The summed E-state index contributed by atoms with van der Waals surface area (Å²) in [6.07, 6.45) is 2.00. The van der Waals surface area contributed by atoms with Crippen LogP contribution in [0.5, 0.6) is 0 Å². The van der Waals surface area contributed by atoms with Crippen molar-refractivity contribution in [1.29, 1.82) is 0 Å². The Morgan fingerprint density at radius 2 is 2.17 bits per heavy atom. The van der Waals surface area contributed by atoms with E-state index in [9.17, 15) is 8.76 Å². The summed E-state index contributed by atoms with van der Waals surface area (Å²) in [4.78, 5) is 0. The maximum absolute atomic E-state index is 10.4. The largest absolute Gasteiger partial charge is 0.760 e. The third-order valence-electron chi connectivity index (χ3n) is 1.69. The Hall–Kier alpha value is 1.86. The molecular formula is C6H11NO2SWY-2. The minimum atomic E-state index is -2.03. The first kappa shape index (κ1) is 16.3. The molecule has 1 saturated heterocycles. The van der Waals surface area contributed by atoms with E-state index < -0.39 is 11.3 Å². The van der Waals surface area contributed by atoms with Crippen molar-refractivity contribution in [2.75, 3.05) is 13.1 Å². The minimum absolute atomic E-state index is 0. The summed E-state index contributed by atoms with van der Waals surface area (Å²) >= 11 is -2.03. The molecule has 1 fully saturated rings. The van der Waals surface area contributed by atoms with Gasteiger partial charge in [0.05, 0.1) is 0 Å². The van der Waals surface area contributed by atoms with Crippen LogP contribution in [0.4, 0.5) is 0 Å². The van der Waals surface area contributed by atoms with Gasteiger partial charge in [0.25, 0.3) is 0 Å². The van der Waals surface area contributed by atoms with Crippen LogP contribution in [0, 0.1) is 12.8 Å². The molecule has 6 heteroatoms. The molecule has 0 amide bonds. The standard InChI is InChI=1S/C6H12NO2S.W.Y/c1-6-3-2-4-7(5-6)10(8)9;;/h6H,1-5H2,(H,8,9);;/q-1;;/p-1. The summed E-state index contributed by atoms with van der Waals surface area (Å²) in [7, 11) is 0. The Labute approximate surface area is 116 Å². The third kappa shape index (κ3) is 5.56. The second-order valence-corrected chi connectivity index (χ2v) is 3.56. The summed E-state index contributed by atoms with van der Waals surface area (Å²) in [6.45, 7) is 5.08. The zero-order valence-corrected chi connectivity index (χ0v) is 13.4. The Morgan fingerprint density at radius 3 is 2.50 bits per heavy atom. The Morgan fingerprint density at radius 1 is 1.58 bits per heavy atom. The van der Waals surface area contributed by atoms with Crippen molar-refractivity contribution in [1.82, 2.24) is 4.31 Å². The monoisotopic (exact) mass is 434 g/mol. The number of hydrogen-bond donors (Lipinski definition) is 0. The predicted octanol–water partition coefficient (Wildman–Crippen LogP) is 0.322. The van der Waals surface area contributed by atoms with Crippen LogP contribution in [-0.4, -0.2) is 26.2 Å². The molecule has 0 spiro atoms. The van der Waals surface area contributed by atoms with E-state index in [0.29, 0.717) is 13.1 Å². The van der Waals surface area contributed by atoms with Crippen LogP contribution in [0.1, 0.15) is 12.8 Å². The summed E-state index contributed by atoms with van der Waals surface area (Å²) < 4.78 is 22.2. The molecule has 2 unspecified atom stereocenters. The van der Waals surface area contributed by atoms with Gasteiger partial charge in [-0.25, -0.2) is 4.31 Å². The summed E-state index contributed by atoms with van der Waals surface area (Å²) in [5, 5.41) is 0. The van der Waals surface area contributed by atoms with Crippen LogP contribution in [-0.2, 0) is 65.0 Å². The van der Waals surface area contributed by atoms with Crippen LogP contribution in [0.2, 0.25) is 0 Å². The van der Waals surface area contributed by atoms with Crippen LogP contribution in [0.3, 0.4) is 0 Å². The van der Waals surface area contributed by atoms with Crippen LogP contribution < -0.4 is 0 Å². The van der Waals surface area contributed by atoms with Crippen molar-refractivity contribution in [3.8, 4) is 0 Å². The SMILES string of the molecule is [CH2-]C1CCCN(S(=O)[O-])C1.[W].[Y]. The molecule has 0 aromatic heterocycles. The van der Waals surface area contributed by atoms with Crippen molar-refractivity contribution in [2.24, 2.45) is 5.92 Å². The zero-order valence-electron chi connectivity index (χ0n) is 6.77. The van der Waals surface area contributed by atoms with Gasteiger partial charge in [-0.2, -0.15) is 5.92 Å². The smallest absolute Gasteiger partial charge is 0.0208 e. The van der Waals surface area contributed by atoms with Crippen LogP contribution in [0.25, 0.3) is 0 Å². The third-order valence-corrected chi connectivity index (χ3v) is 2.45. The predicted molar refractivity (Wildman–Crippen MR) is 38.6 cm³/mol. The zero-order chi connectivity index (χ0) is 7.56. The molecule has 1 rings (SSSR count). The summed E-state index contributed by atoms with van der Waals surface area (Å²) in [5.74, 6) is 0.284. The number of nitrogens with zero attached hydrogens (tertiary/aromatic N) is 1. The van der Waals surface area contributed by atoms with Crippen molar-refractivity contribution in [3.63, 3.8) is 0 Å². The molecule has 0 N–H and O–H groups in total. The molecule has 0 aromatic rings. The van der Waals surface area contributed by atoms with Crippen LogP contribution >= 0.6 is 0 Å². The molecule has 0 saturated carbocycles. The van der Waals surface area contributed by atoms with E-state index in [1.54, 1.807) is 0 Å². The number of rotatable bonds is 1. The fraction of sp³-hybridized carbons (Fsp3) is 0.833. The van der Waals surface area contributed by atoms with E-state index in [1.165, 1.54) is 4.31 Å². The summed E-state index contributed by atoms with van der Waals surface area (Å²) in [6, 6.07) is 0. The van der Waals surface area contributed by atoms with E-state index in [-0.39, 0.29) is 59.7 Å². The molecule has 0 aromatic carbocycles. The van der Waals surface area contributed by atoms with E-state index in [4.69, 9.17) is 0 Å². The average Bonchev–Trinajstić information content (AvgIpc) is 1.88. The molecule has 69 valence electrons. The normalized spacial score (nSPS) is 26.7. The number of piperidine rings is 1. The van der Waals surface area contributed by atoms with Gasteiger partial charge in [-0.15, -0.1) is 0 Å². The fourth-order valence-electron chi connectivity index (χ4n) is 1.16. The van der Waals surface area contributed by atoms with E-state index in [2.05, 4.69) is 6.92 Å². The first-order valence-corrected chi connectivity index (χ1v) is 4.40. The molecule has 3 nitrogen and oxygen atoms in total. The van der Waals surface area contributed by atoms with Gasteiger partial charge in [-0.3, -0.25) is 4.21 Å². The first-order chi connectivity index (χ1) is 4.70. The fourth-order valence-corrected chi connectivity index (χ4v) is 1.77. The molecule has 1 radical (unpaired) electrons. The minimum Gasteiger partial charge on any atom is -0.760 e. The quantitative estimate of drug-likeness (QED) is 0.441. The van der Waals surface area contributed by atoms with Gasteiger partial charge in [0.1, 0.15) is 0 Å². The van der Waals surface area contributed by atoms with Crippen molar-refractivity contribution < 1.29 is 62.5 Å². The van der Waals surface area contributed by atoms with E-state index in [1.807, 2.05) is 0 Å². The number of hydrogen-bond acceptors (Lipinski definition) is 2. The van der Waals surface area contributed by atoms with Gasteiger partial charge in [-0.05, 0) is 13.0 Å². The Kier molecular flexibility index (Phi) is 11.1. The van der Waals surface area contributed by atoms with Gasteiger partial charge in [-0.1, -0.05) is 6.42 Å². The maximum Gasteiger partial charge on any atom is 0.0208 e. The van der Waals surface area contributed by atoms with Gasteiger partial charge in [0.15, 0.2) is 0 Å². The molecule has 1 aliphatic rings. The molecule has 2 atom stereocenters. The second-order valence-electron chi connectivity index (χ2n) is 2.61. The van der Waals surface area contributed by atoms with Gasteiger partial charge in [0, 0.05) is 71.6 Å². The molecule has 12 heavy (non-hydrogen) atoms. The molecule has 0 aliphatic carbocycles. The summed E-state index contributed by atoms with van der Waals surface area (Å²) in [5.41, 5.74) is 0. The van der Waals surface area contributed by atoms with Gasteiger partial charge in [0.2, 0.25) is 0 Å². The van der Waals surface area contributed by atoms with Crippen LogP contribution in [0.15, 0.2) is 0 Å². The maximum atomic E-state index is 10.4. The Balaban J connectivity index is 0. The van der Waals surface area contributed by atoms with Crippen molar-refractivity contribution in [2.45, 2.75) is 12.8 Å². The molecule has 0 bridgehead atoms. The molecule has 1 aliphatic heterocycles. The molecule has 1 heterocycles. The average molecular weight is 434 g/mol. The van der Waals surface area contributed by atoms with Crippen molar-refractivity contribution in [3.05, 3.63) is 6.92 Å². The topological polar surface area (TPSA) is 43.4 Å². The van der Waals surface area contributed by atoms with E-state index >= 15 is 0 Å². The second kappa shape index (κ2) is 8.19. The first-order valence-electron chi connectivity index (χ1n) is 3.37. The van der Waals surface area contributed by atoms with Gasteiger partial charge >= 0.3 is 0 Å². The van der Waals surface area contributed by atoms with E-state index in [0.717, 1.165) is 12.8 Å². The van der Waals surface area contributed by atoms with Crippen molar-refractivity contribution >= 4 is 11.3 Å². The van der Waals surface area contributed by atoms with Gasteiger partial charge < -0.3 is 11.5 Å².